The summed E-state index contributed by atoms with van der Waals surface area (Å²) in [6, 6.07) is 15.4. The molecular formula is C27H30ClN5O2. The first-order chi connectivity index (χ1) is 16.8. The summed E-state index contributed by atoms with van der Waals surface area (Å²) in [7, 11) is 0. The fraction of sp³-hybridized carbons (Fsp3) is 0.296. The van der Waals surface area contributed by atoms with Crippen molar-refractivity contribution in [2.24, 2.45) is 0 Å². The van der Waals surface area contributed by atoms with Gasteiger partial charge in [-0.1, -0.05) is 11.6 Å². The Labute approximate surface area is 210 Å². The number of carbonyl (C=O) groups is 1. The van der Waals surface area contributed by atoms with Crippen LogP contribution in [0.1, 0.15) is 30.5 Å². The van der Waals surface area contributed by atoms with Crippen LogP contribution in [0.25, 0.3) is 16.7 Å². The molecule has 4 aromatic rings. The van der Waals surface area contributed by atoms with Gasteiger partial charge in [-0.3, -0.25) is 4.79 Å². The molecule has 182 valence electrons. The lowest BCUT2D eigenvalue weighted by Crippen LogP contribution is -2.21. The number of halogens is 1. The predicted octanol–water partition coefficient (Wildman–Crippen LogP) is 5.86. The maximum atomic E-state index is 12.6. The Balaban J connectivity index is 1.52. The monoisotopic (exact) mass is 491 g/mol. The highest BCUT2D eigenvalue weighted by Crippen LogP contribution is 2.26. The highest BCUT2D eigenvalue weighted by Gasteiger charge is 2.13. The molecule has 0 saturated heterocycles. The minimum atomic E-state index is -0.253. The Morgan fingerprint density at radius 3 is 2.31 bits per heavy atom. The Bertz CT molecular complexity index is 1380. The number of nitrogens with zero attached hydrogens (tertiary/aromatic N) is 4. The van der Waals surface area contributed by atoms with Crippen LogP contribution in [0.5, 0.6) is 5.75 Å². The van der Waals surface area contributed by atoms with Crippen LogP contribution in [-0.4, -0.2) is 40.6 Å². The van der Waals surface area contributed by atoms with Crippen molar-refractivity contribution in [2.75, 3.05) is 29.9 Å². The van der Waals surface area contributed by atoms with Gasteiger partial charge >= 0.3 is 0 Å². The number of amides is 1. The molecule has 3 aromatic carbocycles. The van der Waals surface area contributed by atoms with E-state index in [0.29, 0.717) is 22.0 Å². The lowest BCUT2D eigenvalue weighted by molar-refractivity contribution is -0.118. The van der Waals surface area contributed by atoms with E-state index in [4.69, 9.17) is 16.3 Å². The van der Waals surface area contributed by atoms with Gasteiger partial charge in [-0.15, -0.1) is 10.2 Å². The van der Waals surface area contributed by atoms with Crippen LogP contribution in [0.4, 0.5) is 11.4 Å². The summed E-state index contributed by atoms with van der Waals surface area (Å²) in [5.74, 6) is 0.374. The van der Waals surface area contributed by atoms with Gasteiger partial charge in [0.25, 0.3) is 5.91 Å². The number of aromatic nitrogens is 3. The van der Waals surface area contributed by atoms with Crippen molar-refractivity contribution in [1.29, 1.82) is 0 Å². The molecule has 1 N–H and O–H groups in total. The van der Waals surface area contributed by atoms with Crippen molar-refractivity contribution in [1.82, 2.24) is 15.0 Å². The standard InChI is InChI=1S/C27H30ClN5O2/c1-6-32(7-2)21-9-10-25(18(4)13-21)33-30-23-14-17(3)22(15-24(23)31-33)29-27(34)16-35-26-11-8-20(28)12-19(26)5/h8-15H,6-7,16H2,1-5H3,(H,29,34). The number of aryl methyl sites for hydroxylation is 3. The van der Waals surface area contributed by atoms with Crippen LogP contribution in [0.15, 0.2) is 48.5 Å². The molecule has 0 aliphatic heterocycles. The summed E-state index contributed by atoms with van der Waals surface area (Å²) in [6.07, 6.45) is 0. The Kier molecular flexibility index (Phi) is 7.26. The fourth-order valence-corrected chi connectivity index (χ4v) is 4.29. The van der Waals surface area contributed by atoms with E-state index in [0.717, 1.165) is 41.0 Å². The molecule has 1 amide bonds. The third-order valence-electron chi connectivity index (χ3n) is 6.02. The van der Waals surface area contributed by atoms with E-state index >= 15 is 0 Å². The number of nitrogens with one attached hydrogen (secondary N) is 1. The van der Waals surface area contributed by atoms with Crippen LogP contribution in [0.2, 0.25) is 5.02 Å². The molecular weight excluding hydrogens is 462 g/mol. The zero-order chi connectivity index (χ0) is 25.1. The molecule has 7 nitrogen and oxygen atoms in total. The summed E-state index contributed by atoms with van der Waals surface area (Å²) in [5.41, 5.74) is 7.12. The number of fused-ring (bicyclic) bond motifs is 1. The first-order valence-electron chi connectivity index (χ1n) is 11.7. The highest BCUT2D eigenvalue weighted by molar-refractivity contribution is 6.30. The number of rotatable bonds is 8. The van der Waals surface area contributed by atoms with Gasteiger partial charge in [0.15, 0.2) is 6.61 Å². The van der Waals surface area contributed by atoms with Crippen molar-refractivity contribution in [2.45, 2.75) is 34.6 Å². The smallest absolute Gasteiger partial charge is 0.262 e. The largest absolute Gasteiger partial charge is 0.483 e. The van der Waals surface area contributed by atoms with E-state index in [2.05, 4.69) is 53.3 Å². The van der Waals surface area contributed by atoms with Gasteiger partial charge in [-0.2, -0.15) is 4.80 Å². The Morgan fingerprint density at radius 1 is 0.943 bits per heavy atom. The minimum Gasteiger partial charge on any atom is -0.483 e. The van der Waals surface area contributed by atoms with Crippen molar-refractivity contribution >= 4 is 39.9 Å². The van der Waals surface area contributed by atoms with E-state index < -0.39 is 0 Å². The molecule has 0 radical (unpaired) electrons. The van der Waals surface area contributed by atoms with Crippen LogP contribution >= 0.6 is 11.6 Å². The summed E-state index contributed by atoms with van der Waals surface area (Å²) in [4.78, 5) is 16.5. The van der Waals surface area contributed by atoms with E-state index in [-0.39, 0.29) is 12.5 Å². The number of hydrogen-bond donors (Lipinski definition) is 1. The molecule has 0 atom stereocenters. The fourth-order valence-electron chi connectivity index (χ4n) is 4.06. The molecule has 0 aliphatic carbocycles. The second kappa shape index (κ2) is 10.4. The van der Waals surface area contributed by atoms with Crippen LogP contribution in [0, 0.1) is 20.8 Å². The topological polar surface area (TPSA) is 72.3 Å². The van der Waals surface area contributed by atoms with Crippen molar-refractivity contribution < 1.29 is 9.53 Å². The average Bonchev–Trinajstić information content (AvgIpc) is 3.22. The van der Waals surface area contributed by atoms with Gasteiger partial charge in [0, 0.05) is 29.5 Å². The van der Waals surface area contributed by atoms with E-state index in [1.54, 1.807) is 23.0 Å². The predicted molar refractivity (Wildman–Crippen MR) is 142 cm³/mol. The summed E-state index contributed by atoms with van der Waals surface area (Å²) >= 11 is 5.98. The normalized spacial score (nSPS) is 11.0. The first-order valence-corrected chi connectivity index (χ1v) is 12.1. The number of carbonyl (C=O) groups excluding carboxylic acids is 1. The molecule has 0 saturated carbocycles. The van der Waals surface area contributed by atoms with Crippen molar-refractivity contribution in [3.63, 3.8) is 0 Å². The minimum absolute atomic E-state index is 0.106. The van der Waals surface area contributed by atoms with Gasteiger partial charge in [0.2, 0.25) is 0 Å². The maximum absolute atomic E-state index is 12.6. The van der Waals surface area contributed by atoms with Gasteiger partial charge < -0.3 is 15.0 Å². The third-order valence-corrected chi connectivity index (χ3v) is 6.26. The highest BCUT2D eigenvalue weighted by atomic mass is 35.5. The zero-order valence-corrected chi connectivity index (χ0v) is 21.5. The van der Waals surface area contributed by atoms with Gasteiger partial charge in [-0.25, -0.2) is 0 Å². The average molecular weight is 492 g/mol. The van der Waals surface area contributed by atoms with Gasteiger partial charge in [-0.05, 0) is 99.8 Å². The second-order valence-electron chi connectivity index (χ2n) is 8.54. The molecule has 0 aliphatic rings. The second-order valence-corrected chi connectivity index (χ2v) is 8.97. The molecule has 0 spiro atoms. The van der Waals surface area contributed by atoms with Crippen LogP contribution in [0.3, 0.4) is 0 Å². The number of anilines is 2. The van der Waals surface area contributed by atoms with Crippen LogP contribution in [-0.2, 0) is 4.79 Å². The molecule has 0 bridgehead atoms. The zero-order valence-electron chi connectivity index (χ0n) is 20.7. The van der Waals surface area contributed by atoms with E-state index in [9.17, 15) is 4.79 Å². The SMILES string of the molecule is CCN(CC)c1ccc(-n2nc3cc(C)c(NC(=O)COc4ccc(Cl)cc4C)cc3n2)c(C)c1. The number of hydrogen-bond acceptors (Lipinski definition) is 5. The number of ether oxygens (including phenoxy) is 1. The summed E-state index contributed by atoms with van der Waals surface area (Å²) in [5, 5.41) is 12.9. The van der Waals surface area contributed by atoms with Crippen LogP contribution < -0.4 is 15.0 Å². The molecule has 4 rings (SSSR count). The lowest BCUT2D eigenvalue weighted by Gasteiger charge is -2.22. The maximum Gasteiger partial charge on any atom is 0.262 e. The Morgan fingerprint density at radius 2 is 1.66 bits per heavy atom. The quantitative estimate of drug-likeness (QED) is 0.334. The van der Waals surface area contributed by atoms with Crippen molar-refractivity contribution in [3.05, 3.63) is 70.2 Å². The first kappa shape index (κ1) is 24.5. The molecule has 0 fully saturated rings. The van der Waals surface area contributed by atoms with E-state index in [1.165, 1.54) is 5.69 Å². The molecule has 35 heavy (non-hydrogen) atoms. The third kappa shape index (κ3) is 5.41. The van der Waals surface area contributed by atoms with E-state index in [1.807, 2.05) is 32.0 Å². The summed E-state index contributed by atoms with van der Waals surface area (Å²) in [6.45, 7) is 12.0. The van der Waals surface area contributed by atoms with Gasteiger partial charge in [0.1, 0.15) is 16.8 Å². The molecule has 1 aromatic heterocycles. The lowest BCUT2D eigenvalue weighted by atomic mass is 10.1. The molecule has 1 heterocycles. The molecule has 0 unspecified atom stereocenters. The Hall–Kier alpha value is -3.58. The number of benzene rings is 3. The molecule has 8 heteroatoms. The summed E-state index contributed by atoms with van der Waals surface area (Å²) < 4.78 is 5.66. The van der Waals surface area contributed by atoms with Gasteiger partial charge in [0.05, 0.1) is 5.69 Å². The van der Waals surface area contributed by atoms with Crippen molar-refractivity contribution in [3.8, 4) is 11.4 Å².